The van der Waals surface area contributed by atoms with E-state index < -0.39 is 0 Å². The molecule has 2 N–H and O–H groups in total. The molecule has 0 bridgehead atoms. The first-order valence-corrected chi connectivity index (χ1v) is 12.6. The molecular formula is C24H28N4O2S2. The van der Waals surface area contributed by atoms with E-state index >= 15 is 0 Å². The van der Waals surface area contributed by atoms with Crippen LogP contribution in [-0.4, -0.2) is 27.5 Å². The molecule has 2 heterocycles. The first-order chi connectivity index (χ1) is 15.2. The largest absolute Gasteiger partial charge is 0.326 e. The number of thioether (sulfide) groups is 1. The first-order valence-electron chi connectivity index (χ1n) is 10.8. The normalized spacial score (nSPS) is 15.9. The number of amides is 2. The Hall–Kier alpha value is -2.45. The van der Waals surface area contributed by atoms with Gasteiger partial charge in [-0.05, 0) is 54.4 Å². The molecule has 1 atom stereocenters. The van der Waals surface area contributed by atoms with Gasteiger partial charge in [-0.1, -0.05) is 38.6 Å². The minimum Gasteiger partial charge on any atom is -0.326 e. The van der Waals surface area contributed by atoms with Crippen molar-refractivity contribution in [2.75, 3.05) is 16.4 Å². The lowest BCUT2D eigenvalue weighted by molar-refractivity contribution is -0.114. The molecule has 1 aliphatic carbocycles. The molecule has 0 fully saturated rings. The monoisotopic (exact) mass is 468 g/mol. The average Bonchev–Trinajstić information content (AvgIpc) is 3.10. The number of nitrogens with one attached hydrogen (secondary N) is 2. The van der Waals surface area contributed by atoms with Gasteiger partial charge in [-0.25, -0.2) is 9.97 Å². The number of carbonyl (C=O) groups excluding carboxylic acids is 2. The maximum atomic E-state index is 12.6. The van der Waals surface area contributed by atoms with Gasteiger partial charge in [0.15, 0.2) is 0 Å². The fourth-order valence-corrected chi connectivity index (χ4v) is 6.30. The van der Waals surface area contributed by atoms with Crippen LogP contribution in [0, 0.1) is 11.3 Å². The summed E-state index contributed by atoms with van der Waals surface area (Å²) in [6.45, 7) is 8.42. The molecule has 32 heavy (non-hydrogen) atoms. The molecule has 2 amide bonds. The van der Waals surface area contributed by atoms with Crippen LogP contribution in [0.5, 0.6) is 0 Å². The van der Waals surface area contributed by atoms with Gasteiger partial charge >= 0.3 is 0 Å². The predicted molar refractivity (Wildman–Crippen MR) is 132 cm³/mol. The summed E-state index contributed by atoms with van der Waals surface area (Å²) in [4.78, 5) is 35.3. The maximum absolute atomic E-state index is 12.6. The van der Waals surface area contributed by atoms with E-state index in [1.807, 2.05) is 0 Å². The summed E-state index contributed by atoms with van der Waals surface area (Å²) in [7, 11) is 0. The van der Waals surface area contributed by atoms with Crippen molar-refractivity contribution >= 4 is 56.5 Å². The molecule has 8 heteroatoms. The van der Waals surface area contributed by atoms with Gasteiger partial charge in [0, 0.05) is 28.6 Å². The fourth-order valence-electron chi connectivity index (χ4n) is 4.14. The summed E-state index contributed by atoms with van der Waals surface area (Å²) < 4.78 is 0. The van der Waals surface area contributed by atoms with Gasteiger partial charge in [0.25, 0.3) is 0 Å². The molecule has 6 nitrogen and oxygen atoms in total. The van der Waals surface area contributed by atoms with E-state index in [2.05, 4.69) is 41.4 Å². The molecule has 3 aromatic rings. The number of benzene rings is 1. The predicted octanol–water partition coefficient (Wildman–Crippen LogP) is 5.53. The van der Waals surface area contributed by atoms with Crippen molar-refractivity contribution in [3.63, 3.8) is 0 Å². The van der Waals surface area contributed by atoms with Gasteiger partial charge < -0.3 is 10.6 Å². The molecule has 1 aromatic carbocycles. The molecule has 168 valence electrons. The minimum atomic E-state index is -0.148. The van der Waals surface area contributed by atoms with Crippen molar-refractivity contribution in [2.45, 2.75) is 52.0 Å². The third-order valence-corrected chi connectivity index (χ3v) is 7.99. The number of rotatable bonds is 5. The van der Waals surface area contributed by atoms with Gasteiger partial charge in [0.05, 0.1) is 5.75 Å². The van der Waals surface area contributed by atoms with Crippen LogP contribution in [-0.2, 0) is 22.4 Å². The van der Waals surface area contributed by atoms with Gasteiger partial charge in [0.1, 0.15) is 16.2 Å². The van der Waals surface area contributed by atoms with Crippen LogP contribution in [0.15, 0.2) is 35.6 Å². The third kappa shape index (κ3) is 5.13. The summed E-state index contributed by atoms with van der Waals surface area (Å²) in [6, 6.07) is 7.13. The van der Waals surface area contributed by atoms with E-state index in [0.717, 1.165) is 28.1 Å². The number of hydrogen-bond donors (Lipinski definition) is 2. The van der Waals surface area contributed by atoms with Crippen molar-refractivity contribution in [1.82, 2.24) is 9.97 Å². The van der Waals surface area contributed by atoms with Gasteiger partial charge in [-0.2, -0.15) is 0 Å². The van der Waals surface area contributed by atoms with Crippen molar-refractivity contribution in [3.05, 3.63) is 41.0 Å². The minimum absolute atomic E-state index is 0.112. The Morgan fingerprint density at radius 2 is 1.94 bits per heavy atom. The molecule has 0 aliphatic heterocycles. The smallest absolute Gasteiger partial charge is 0.234 e. The molecule has 0 spiro atoms. The quantitative estimate of drug-likeness (QED) is 0.380. The number of hydrogen-bond acceptors (Lipinski definition) is 6. The number of anilines is 2. The third-order valence-electron chi connectivity index (χ3n) is 5.84. The van der Waals surface area contributed by atoms with Crippen molar-refractivity contribution < 1.29 is 9.59 Å². The second-order valence-electron chi connectivity index (χ2n) is 9.27. The Morgan fingerprint density at radius 3 is 2.66 bits per heavy atom. The summed E-state index contributed by atoms with van der Waals surface area (Å²) >= 11 is 3.23. The van der Waals surface area contributed by atoms with E-state index in [0.29, 0.717) is 22.7 Å². The zero-order valence-corrected chi connectivity index (χ0v) is 20.5. The summed E-state index contributed by atoms with van der Waals surface area (Å²) in [5.41, 5.74) is 2.97. The summed E-state index contributed by atoms with van der Waals surface area (Å²) in [6.07, 6.45) is 4.91. The molecule has 1 aliphatic rings. The zero-order chi connectivity index (χ0) is 22.9. The molecular weight excluding hydrogens is 440 g/mol. The van der Waals surface area contributed by atoms with Crippen LogP contribution >= 0.6 is 23.1 Å². The van der Waals surface area contributed by atoms with Crippen LogP contribution in [0.4, 0.5) is 11.4 Å². The van der Waals surface area contributed by atoms with Crippen LogP contribution < -0.4 is 10.6 Å². The molecule has 0 saturated heterocycles. The Bertz CT molecular complexity index is 1170. The number of aromatic nitrogens is 2. The Labute approximate surface area is 196 Å². The Morgan fingerprint density at radius 1 is 1.19 bits per heavy atom. The first kappa shape index (κ1) is 22.7. The lowest BCUT2D eigenvalue weighted by Crippen LogP contribution is -2.26. The Balaban J connectivity index is 1.47. The standard InChI is InChI=1S/C24H28N4O2S2/c1-14(29)27-16-6-5-7-17(11-16)28-20(30)12-31-22-21-18-9-8-15(24(2,3)4)10-19(18)32-23(21)26-13-25-22/h5-7,11,13,15H,8-10,12H2,1-4H3,(H,27,29)(H,28,30)/t15-/m0/s1. The molecule has 0 saturated carbocycles. The molecule has 0 radical (unpaired) electrons. The lowest BCUT2D eigenvalue weighted by atomic mass is 9.72. The van der Waals surface area contributed by atoms with Crippen LogP contribution in [0.25, 0.3) is 10.2 Å². The summed E-state index contributed by atoms with van der Waals surface area (Å²) in [5, 5.41) is 7.63. The number of nitrogens with zero attached hydrogens (tertiary/aromatic N) is 2. The van der Waals surface area contributed by atoms with Crippen molar-refractivity contribution in [2.24, 2.45) is 11.3 Å². The van der Waals surface area contributed by atoms with Gasteiger partial charge in [-0.3, -0.25) is 9.59 Å². The molecule has 0 unspecified atom stereocenters. The van der Waals surface area contributed by atoms with Crippen LogP contribution in [0.3, 0.4) is 0 Å². The molecule has 4 rings (SSSR count). The van der Waals surface area contributed by atoms with E-state index in [1.165, 1.54) is 35.5 Å². The fraction of sp³-hybridized carbons (Fsp3) is 0.417. The van der Waals surface area contributed by atoms with E-state index in [-0.39, 0.29) is 17.6 Å². The second kappa shape index (κ2) is 9.19. The highest BCUT2D eigenvalue weighted by atomic mass is 32.2. The van der Waals surface area contributed by atoms with Gasteiger partial charge in [-0.15, -0.1) is 11.3 Å². The van der Waals surface area contributed by atoms with E-state index in [1.54, 1.807) is 41.9 Å². The van der Waals surface area contributed by atoms with Crippen molar-refractivity contribution in [3.8, 4) is 0 Å². The zero-order valence-electron chi connectivity index (χ0n) is 18.8. The number of carbonyl (C=O) groups is 2. The lowest BCUT2D eigenvalue weighted by Gasteiger charge is -2.33. The SMILES string of the molecule is CC(=O)Nc1cccc(NC(=O)CSc2ncnc3sc4c(c23)CC[C@H](C(C)(C)C)C4)c1. The Kier molecular flexibility index (Phi) is 6.53. The summed E-state index contributed by atoms with van der Waals surface area (Å²) in [5.74, 6) is 0.667. The molecule has 2 aromatic heterocycles. The van der Waals surface area contributed by atoms with Crippen LogP contribution in [0.1, 0.15) is 44.6 Å². The van der Waals surface area contributed by atoms with E-state index in [4.69, 9.17) is 0 Å². The maximum Gasteiger partial charge on any atom is 0.234 e. The van der Waals surface area contributed by atoms with E-state index in [9.17, 15) is 9.59 Å². The van der Waals surface area contributed by atoms with Crippen molar-refractivity contribution in [1.29, 1.82) is 0 Å². The number of aryl methyl sites for hydroxylation is 1. The van der Waals surface area contributed by atoms with Gasteiger partial charge in [0.2, 0.25) is 11.8 Å². The highest BCUT2D eigenvalue weighted by molar-refractivity contribution is 8.00. The highest BCUT2D eigenvalue weighted by Crippen LogP contribution is 2.44. The topological polar surface area (TPSA) is 84.0 Å². The number of thiophene rings is 1. The highest BCUT2D eigenvalue weighted by Gasteiger charge is 2.31. The second-order valence-corrected chi connectivity index (χ2v) is 11.3. The number of fused-ring (bicyclic) bond motifs is 3. The average molecular weight is 469 g/mol. The van der Waals surface area contributed by atoms with Crippen LogP contribution in [0.2, 0.25) is 0 Å².